The van der Waals surface area contributed by atoms with Gasteiger partial charge in [-0.15, -0.1) is 0 Å². The fourth-order valence-corrected chi connectivity index (χ4v) is 3.44. The van der Waals surface area contributed by atoms with E-state index in [2.05, 4.69) is 10.3 Å². The molecular weight excluding hydrogens is 389 g/mol. The van der Waals surface area contributed by atoms with E-state index in [1.54, 1.807) is 37.4 Å². The van der Waals surface area contributed by atoms with E-state index in [1.165, 1.54) is 12.1 Å². The molecule has 1 amide bonds. The van der Waals surface area contributed by atoms with Gasteiger partial charge in [0.15, 0.2) is 0 Å². The maximum absolute atomic E-state index is 13.2. The van der Waals surface area contributed by atoms with Crippen molar-refractivity contribution in [2.45, 2.75) is 13.1 Å². The number of fused-ring (bicyclic) bond motifs is 1. The molecule has 0 radical (unpaired) electrons. The van der Waals surface area contributed by atoms with Gasteiger partial charge in [0, 0.05) is 11.6 Å². The summed E-state index contributed by atoms with van der Waals surface area (Å²) in [6.45, 7) is 1.80. The molecule has 1 N–H and O–H groups in total. The topological polar surface area (TPSA) is 42.0 Å². The highest BCUT2D eigenvalue weighted by molar-refractivity contribution is 6.12. The lowest BCUT2D eigenvalue weighted by molar-refractivity contribution is -0.137. The van der Waals surface area contributed by atoms with Gasteiger partial charge in [-0.2, -0.15) is 13.2 Å². The number of hydrogen-bond acceptors (Lipinski definition) is 2. The SMILES string of the molecule is Cc1cccc(-c2ccc(C(F)(F)F)cc2)c1C(=O)Nc1cccc2cccnc12. The number of aryl methyl sites for hydroxylation is 1. The molecule has 1 heterocycles. The molecule has 3 aromatic carbocycles. The molecule has 4 rings (SSSR count). The van der Waals surface area contributed by atoms with Gasteiger partial charge in [0.05, 0.1) is 22.3 Å². The number of rotatable bonds is 3. The molecule has 0 unspecified atom stereocenters. The lowest BCUT2D eigenvalue weighted by atomic mass is 9.94. The first-order chi connectivity index (χ1) is 14.3. The number of aromatic nitrogens is 1. The predicted octanol–water partition coefficient (Wildman–Crippen LogP) is 6.48. The molecule has 3 nitrogen and oxygen atoms in total. The molecule has 6 heteroatoms. The van der Waals surface area contributed by atoms with Crippen molar-refractivity contribution in [2.24, 2.45) is 0 Å². The third kappa shape index (κ3) is 3.76. The zero-order chi connectivity index (χ0) is 21.3. The second-order valence-corrected chi connectivity index (χ2v) is 6.91. The molecule has 4 aromatic rings. The Labute approximate surface area is 171 Å². The van der Waals surface area contributed by atoms with Gasteiger partial charge in [-0.05, 0) is 47.9 Å². The second-order valence-electron chi connectivity index (χ2n) is 6.91. The second kappa shape index (κ2) is 7.63. The number of nitrogens with one attached hydrogen (secondary N) is 1. The number of anilines is 1. The van der Waals surface area contributed by atoms with Crippen LogP contribution in [0, 0.1) is 6.92 Å². The third-order valence-electron chi connectivity index (χ3n) is 4.90. The molecule has 0 saturated heterocycles. The summed E-state index contributed by atoms with van der Waals surface area (Å²) in [6, 6.07) is 19.3. The summed E-state index contributed by atoms with van der Waals surface area (Å²) < 4.78 is 38.7. The van der Waals surface area contributed by atoms with Crippen LogP contribution in [-0.4, -0.2) is 10.9 Å². The molecule has 0 spiro atoms. The first-order valence-electron chi connectivity index (χ1n) is 9.27. The minimum atomic E-state index is -4.41. The van der Waals surface area contributed by atoms with Gasteiger partial charge in [-0.1, -0.05) is 48.5 Å². The van der Waals surface area contributed by atoms with Gasteiger partial charge < -0.3 is 5.32 Å². The number of para-hydroxylation sites is 1. The summed E-state index contributed by atoms with van der Waals surface area (Å²) in [5, 5.41) is 3.80. The van der Waals surface area contributed by atoms with Crippen molar-refractivity contribution >= 4 is 22.5 Å². The number of benzene rings is 3. The van der Waals surface area contributed by atoms with Crippen molar-refractivity contribution in [1.82, 2.24) is 4.98 Å². The van der Waals surface area contributed by atoms with Crippen LogP contribution in [0.5, 0.6) is 0 Å². The number of alkyl halides is 3. The molecular formula is C24H17F3N2O. The van der Waals surface area contributed by atoms with Crippen LogP contribution in [0.2, 0.25) is 0 Å². The Morgan fingerprint density at radius 1 is 0.900 bits per heavy atom. The Morgan fingerprint density at radius 3 is 2.33 bits per heavy atom. The first kappa shape index (κ1) is 19.6. The van der Waals surface area contributed by atoms with Gasteiger partial charge >= 0.3 is 6.18 Å². The molecule has 0 aliphatic carbocycles. The molecule has 1 aromatic heterocycles. The Bertz CT molecular complexity index is 1230. The minimum Gasteiger partial charge on any atom is -0.320 e. The van der Waals surface area contributed by atoms with E-state index in [1.807, 2.05) is 24.3 Å². The molecule has 0 saturated carbocycles. The summed E-state index contributed by atoms with van der Waals surface area (Å²) in [4.78, 5) is 17.5. The smallest absolute Gasteiger partial charge is 0.320 e. The van der Waals surface area contributed by atoms with Crippen LogP contribution in [0.4, 0.5) is 18.9 Å². The number of carbonyl (C=O) groups is 1. The van der Waals surface area contributed by atoms with Crippen LogP contribution >= 0.6 is 0 Å². The van der Waals surface area contributed by atoms with Crippen molar-refractivity contribution in [3.63, 3.8) is 0 Å². The first-order valence-corrected chi connectivity index (χ1v) is 9.27. The van der Waals surface area contributed by atoms with E-state index in [-0.39, 0.29) is 5.91 Å². The average Bonchev–Trinajstić information content (AvgIpc) is 2.73. The maximum Gasteiger partial charge on any atom is 0.416 e. The molecule has 0 bridgehead atoms. The molecule has 30 heavy (non-hydrogen) atoms. The summed E-state index contributed by atoms with van der Waals surface area (Å²) in [7, 11) is 0. The maximum atomic E-state index is 13.2. The van der Waals surface area contributed by atoms with E-state index >= 15 is 0 Å². The molecule has 0 atom stereocenters. The molecule has 0 fully saturated rings. The van der Waals surface area contributed by atoms with Gasteiger partial charge in [0.1, 0.15) is 0 Å². The fraction of sp³-hybridized carbons (Fsp3) is 0.0833. The number of carbonyl (C=O) groups excluding carboxylic acids is 1. The number of halogens is 3. The van der Waals surface area contributed by atoms with Crippen LogP contribution in [0.25, 0.3) is 22.0 Å². The number of pyridine rings is 1. The zero-order valence-corrected chi connectivity index (χ0v) is 16.0. The van der Waals surface area contributed by atoms with Crippen LogP contribution in [0.1, 0.15) is 21.5 Å². The summed E-state index contributed by atoms with van der Waals surface area (Å²) in [6.07, 6.45) is -2.76. The van der Waals surface area contributed by atoms with Crippen LogP contribution in [-0.2, 0) is 6.18 Å². The lowest BCUT2D eigenvalue weighted by Gasteiger charge is -2.15. The number of hydrogen-bond donors (Lipinski definition) is 1. The normalized spacial score (nSPS) is 11.5. The van der Waals surface area contributed by atoms with Gasteiger partial charge in [-0.25, -0.2) is 0 Å². The summed E-state index contributed by atoms with van der Waals surface area (Å²) in [5.74, 6) is -0.346. The molecule has 0 aliphatic rings. The number of nitrogens with zero attached hydrogens (tertiary/aromatic N) is 1. The lowest BCUT2D eigenvalue weighted by Crippen LogP contribution is -2.15. The van der Waals surface area contributed by atoms with Crippen LogP contribution in [0.15, 0.2) is 79.0 Å². The van der Waals surface area contributed by atoms with Gasteiger partial charge in [0.2, 0.25) is 0 Å². The summed E-state index contributed by atoms with van der Waals surface area (Å²) >= 11 is 0. The van der Waals surface area contributed by atoms with Crippen LogP contribution < -0.4 is 5.32 Å². The zero-order valence-electron chi connectivity index (χ0n) is 16.0. The van der Waals surface area contributed by atoms with Crippen molar-refractivity contribution < 1.29 is 18.0 Å². The molecule has 150 valence electrons. The van der Waals surface area contributed by atoms with Crippen molar-refractivity contribution in [3.8, 4) is 11.1 Å². The van der Waals surface area contributed by atoms with E-state index in [9.17, 15) is 18.0 Å². The van der Waals surface area contributed by atoms with Crippen molar-refractivity contribution in [1.29, 1.82) is 0 Å². The Balaban J connectivity index is 1.73. The largest absolute Gasteiger partial charge is 0.416 e. The van der Waals surface area contributed by atoms with Gasteiger partial charge in [0.25, 0.3) is 5.91 Å². The highest BCUT2D eigenvalue weighted by atomic mass is 19.4. The summed E-state index contributed by atoms with van der Waals surface area (Å²) in [5.41, 5.74) is 2.73. The van der Waals surface area contributed by atoms with E-state index < -0.39 is 11.7 Å². The average molecular weight is 406 g/mol. The highest BCUT2D eigenvalue weighted by Crippen LogP contribution is 2.33. The fourth-order valence-electron chi connectivity index (χ4n) is 3.44. The van der Waals surface area contributed by atoms with Crippen molar-refractivity contribution in [3.05, 3.63) is 95.7 Å². The van der Waals surface area contributed by atoms with Gasteiger partial charge in [-0.3, -0.25) is 9.78 Å². The van der Waals surface area contributed by atoms with E-state index in [4.69, 9.17) is 0 Å². The number of amides is 1. The minimum absolute atomic E-state index is 0.346. The third-order valence-corrected chi connectivity index (χ3v) is 4.90. The quantitative estimate of drug-likeness (QED) is 0.423. The Hall–Kier alpha value is -3.67. The van der Waals surface area contributed by atoms with Crippen LogP contribution in [0.3, 0.4) is 0 Å². The van der Waals surface area contributed by atoms with E-state index in [0.29, 0.717) is 27.9 Å². The Morgan fingerprint density at radius 2 is 1.60 bits per heavy atom. The van der Waals surface area contributed by atoms with Crippen molar-refractivity contribution in [2.75, 3.05) is 5.32 Å². The Kier molecular flexibility index (Phi) is 4.99. The highest BCUT2D eigenvalue weighted by Gasteiger charge is 2.30. The molecule has 0 aliphatic heterocycles. The predicted molar refractivity (Wildman–Crippen MR) is 111 cm³/mol. The monoisotopic (exact) mass is 406 g/mol. The van der Waals surface area contributed by atoms with E-state index in [0.717, 1.165) is 23.1 Å². The standard InChI is InChI=1S/C24H17F3N2O/c1-15-5-2-8-19(16-10-12-18(13-11-16)24(25,26)27)21(15)23(30)29-20-9-3-6-17-7-4-14-28-22(17)20/h2-14H,1H3,(H,29,30).